The fraction of sp³-hybridized carbons (Fsp3) is 0. The van der Waals surface area contributed by atoms with Crippen LogP contribution in [0.2, 0.25) is 5.02 Å². The maximum absolute atomic E-state index is 13.3. The van der Waals surface area contributed by atoms with Crippen LogP contribution in [0.4, 0.5) is 10.2 Å². The lowest BCUT2D eigenvalue weighted by atomic mass is 10.1. The van der Waals surface area contributed by atoms with Crippen LogP contribution < -0.4 is 5.73 Å². The number of hydrogen-bond donors (Lipinski definition) is 1. The number of thiazole rings is 1. The van der Waals surface area contributed by atoms with E-state index >= 15 is 0 Å². The second-order valence-electron chi connectivity index (χ2n) is 6.92. The summed E-state index contributed by atoms with van der Waals surface area (Å²) in [6.45, 7) is 0. The lowest BCUT2D eigenvalue weighted by molar-refractivity contribution is 0.628. The zero-order chi connectivity index (χ0) is 22.1. The van der Waals surface area contributed by atoms with E-state index in [1.54, 1.807) is 34.8 Å². The summed E-state index contributed by atoms with van der Waals surface area (Å²) in [4.78, 5) is 5.94. The van der Waals surface area contributed by atoms with Crippen molar-refractivity contribution in [3.8, 4) is 27.5 Å². The van der Waals surface area contributed by atoms with E-state index in [1.165, 1.54) is 23.5 Å². The van der Waals surface area contributed by atoms with Gasteiger partial charge in [-0.3, -0.25) is 0 Å². The van der Waals surface area contributed by atoms with Crippen molar-refractivity contribution in [3.05, 3.63) is 95.9 Å². The van der Waals surface area contributed by atoms with E-state index < -0.39 is 0 Å². The number of aromatic nitrogens is 3. The third kappa shape index (κ3) is 4.14. The summed E-state index contributed by atoms with van der Waals surface area (Å²) in [5.41, 5.74) is 9.83. The second kappa shape index (κ2) is 8.78. The topological polar surface area (TPSA) is 56.7 Å². The first-order valence-corrected chi connectivity index (χ1v) is 11.7. The lowest BCUT2D eigenvalue weighted by Gasteiger charge is -2.02. The molecule has 0 atom stereocenters. The number of rotatable bonds is 5. The Morgan fingerprint density at radius 3 is 2.34 bits per heavy atom. The molecule has 0 aliphatic rings. The van der Waals surface area contributed by atoms with Crippen LogP contribution in [0.1, 0.15) is 0 Å². The summed E-state index contributed by atoms with van der Waals surface area (Å²) in [5.74, 6) is 0.156. The molecule has 2 N–H and O–H groups in total. The molecule has 5 aromatic rings. The predicted octanol–water partition coefficient (Wildman–Crippen LogP) is 7.19. The van der Waals surface area contributed by atoms with Crippen LogP contribution in [0.25, 0.3) is 27.5 Å². The van der Waals surface area contributed by atoms with Gasteiger partial charge in [0, 0.05) is 21.0 Å². The maximum Gasteiger partial charge on any atom is 0.213 e. The molecule has 0 bridgehead atoms. The molecule has 0 spiro atoms. The molecule has 0 saturated heterocycles. The van der Waals surface area contributed by atoms with Crippen LogP contribution in [0.5, 0.6) is 0 Å². The smallest absolute Gasteiger partial charge is 0.213 e. The molecule has 158 valence electrons. The Morgan fingerprint density at radius 2 is 1.62 bits per heavy atom. The van der Waals surface area contributed by atoms with Gasteiger partial charge < -0.3 is 5.73 Å². The van der Waals surface area contributed by atoms with Crippen molar-refractivity contribution in [2.24, 2.45) is 0 Å². The molecule has 0 fully saturated rings. The minimum absolute atomic E-state index is 0.295. The van der Waals surface area contributed by atoms with E-state index in [-0.39, 0.29) is 5.82 Å². The van der Waals surface area contributed by atoms with Crippen molar-refractivity contribution >= 4 is 40.5 Å². The van der Waals surface area contributed by atoms with E-state index in [4.69, 9.17) is 22.3 Å². The molecular formula is C24H16ClFN4S2. The van der Waals surface area contributed by atoms with Gasteiger partial charge in [-0.15, -0.1) is 0 Å². The first-order chi connectivity index (χ1) is 15.6. The van der Waals surface area contributed by atoms with E-state index in [1.807, 2.05) is 54.6 Å². The highest BCUT2D eigenvalue weighted by molar-refractivity contribution is 8.01. The Bertz CT molecular complexity index is 1360. The van der Waals surface area contributed by atoms with Crippen molar-refractivity contribution in [3.63, 3.8) is 0 Å². The third-order valence-corrected chi connectivity index (χ3v) is 7.26. The number of nitrogens with zero attached hydrogens (tertiary/aromatic N) is 3. The molecule has 5 rings (SSSR count). The van der Waals surface area contributed by atoms with Crippen molar-refractivity contribution in [1.29, 1.82) is 0 Å². The zero-order valence-electron chi connectivity index (χ0n) is 16.6. The predicted molar refractivity (Wildman–Crippen MR) is 130 cm³/mol. The maximum atomic E-state index is 13.3. The van der Waals surface area contributed by atoms with Gasteiger partial charge in [0.05, 0.1) is 16.1 Å². The second-order valence-corrected chi connectivity index (χ2v) is 9.67. The van der Waals surface area contributed by atoms with E-state index in [2.05, 4.69) is 5.10 Å². The van der Waals surface area contributed by atoms with Gasteiger partial charge in [0.15, 0.2) is 0 Å². The standard InChI is InChI=1S/C24H16ClFN4S2/c25-17-8-12-19(13-9-17)31-23-21(16-4-2-1-3-5-16)29-24(32-23)30-22(27)20(14-28-30)15-6-10-18(26)11-7-15/h1-14H,27H2. The molecular weight excluding hydrogens is 463 g/mol. The zero-order valence-corrected chi connectivity index (χ0v) is 19.0. The summed E-state index contributed by atoms with van der Waals surface area (Å²) in [6, 6.07) is 23.9. The minimum atomic E-state index is -0.295. The molecule has 2 aromatic heterocycles. The SMILES string of the molecule is Nc1c(-c2ccc(F)cc2)cnn1-c1nc(-c2ccccc2)c(Sc2ccc(Cl)cc2)s1. The van der Waals surface area contributed by atoms with Gasteiger partial charge in [-0.25, -0.2) is 9.37 Å². The monoisotopic (exact) mass is 478 g/mol. The van der Waals surface area contributed by atoms with Crippen LogP contribution in [-0.4, -0.2) is 14.8 Å². The molecule has 3 aromatic carbocycles. The lowest BCUT2D eigenvalue weighted by Crippen LogP contribution is -2.01. The molecule has 0 unspecified atom stereocenters. The summed E-state index contributed by atoms with van der Waals surface area (Å²) < 4.78 is 16.0. The largest absolute Gasteiger partial charge is 0.383 e. The normalized spacial score (nSPS) is 11.1. The molecule has 0 amide bonds. The average Bonchev–Trinajstić information content (AvgIpc) is 3.40. The summed E-state index contributed by atoms with van der Waals surface area (Å²) in [6.07, 6.45) is 1.68. The van der Waals surface area contributed by atoms with Gasteiger partial charge in [-0.2, -0.15) is 9.78 Å². The summed E-state index contributed by atoms with van der Waals surface area (Å²) in [5, 5.41) is 5.82. The van der Waals surface area contributed by atoms with Crippen LogP contribution in [0, 0.1) is 5.82 Å². The number of nitrogen functional groups attached to an aromatic ring is 1. The fourth-order valence-electron chi connectivity index (χ4n) is 3.21. The molecule has 32 heavy (non-hydrogen) atoms. The fourth-order valence-corrected chi connectivity index (χ4v) is 5.55. The average molecular weight is 479 g/mol. The summed E-state index contributed by atoms with van der Waals surface area (Å²) in [7, 11) is 0. The third-order valence-electron chi connectivity index (χ3n) is 4.80. The molecule has 8 heteroatoms. The molecule has 0 saturated carbocycles. The van der Waals surface area contributed by atoms with Crippen molar-refractivity contribution in [2.75, 3.05) is 5.73 Å². The highest BCUT2D eigenvalue weighted by Gasteiger charge is 2.19. The quantitative estimate of drug-likeness (QED) is 0.290. The number of nitrogens with two attached hydrogens (primary N) is 1. The van der Waals surface area contributed by atoms with Gasteiger partial charge in [0.2, 0.25) is 5.13 Å². The number of anilines is 1. The van der Waals surface area contributed by atoms with Crippen LogP contribution in [0.15, 0.2) is 94.2 Å². The summed E-state index contributed by atoms with van der Waals surface area (Å²) >= 11 is 9.17. The first kappa shape index (κ1) is 20.8. The highest BCUT2D eigenvalue weighted by Crippen LogP contribution is 2.42. The Kier molecular flexibility index (Phi) is 5.70. The van der Waals surface area contributed by atoms with Crippen LogP contribution >= 0.6 is 34.7 Å². The van der Waals surface area contributed by atoms with Gasteiger partial charge in [0.1, 0.15) is 11.6 Å². The first-order valence-electron chi connectivity index (χ1n) is 9.68. The number of benzene rings is 3. The minimum Gasteiger partial charge on any atom is -0.383 e. The Morgan fingerprint density at radius 1 is 0.906 bits per heavy atom. The Balaban J connectivity index is 1.57. The Labute approximate surface area is 197 Å². The van der Waals surface area contributed by atoms with Gasteiger partial charge in [-0.05, 0) is 42.0 Å². The van der Waals surface area contributed by atoms with E-state index in [0.29, 0.717) is 16.0 Å². The van der Waals surface area contributed by atoms with Gasteiger partial charge in [-0.1, -0.05) is 77.2 Å². The Hall–Kier alpha value is -3.13. The number of hydrogen-bond acceptors (Lipinski definition) is 5. The van der Waals surface area contributed by atoms with Crippen molar-refractivity contribution < 1.29 is 4.39 Å². The van der Waals surface area contributed by atoms with E-state index in [0.717, 1.165) is 31.5 Å². The van der Waals surface area contributed by atoms with Gasteiger partial charge >= 0.3 is 0 Å². The van der Waals surface area contributed by atoms with Crippen LogP contribution in [0.3, 0.4) is 0 Å². The van der Waals surface area contributed by atoms with Crippen molar-refractivity contribution in [1.82, 2.24) is 14.8 Å². The van der Waals surface area contributed by atoms with Gasteiger partial charge in [0.25, 0.3) is 0 Å². The van der Waals surface area contributed by atoms with Crippen molar-refractivity contribution in [2.45, 2.75) is 9.10 Å². The number of halogens is 2. The molecule has 4 nitrogen and oxygen atoms in total. The molecule has 0 aliphatic carbocycles. The highest BCUT2D eigenvalue weighted by atomic mass is 35.5. The molecule has 0 aliphatic heterocycles. The molecule has 0 radical (unpaired) electrons. The van der Waals surface area contributed by atoms with E-state index in [9.17, 15) is 4.39 Å². The van der Waals surface area contributed by atoms with Crippen LogP contribution in [-0.2, 0) is 0 Å². The molecule has 2 heterocycles.